The van der Waals surface area contributed by atoms with Gasteiger partial charge in [-0.2, -0.15) is 8.78 Å². The zero-order chi connectivity index (χ0) is 10.2. The third-order valence-electron chi connectivity index (χ3n) is 1.31. The first-order valence-electron chi connectivity index (χ1n) is 3.04. The molecule has 13 heavy (non-hydrogen) atoms. The minimum absolute atomic E-state index is 0.154. The molecule has 0 aliphatic heterocycles. The molecule has 0 saturated heterocycles. The number of rotatable bonds is 1. The maximum Gasteiger partial charge on any atom is 0.326 e. The molecule has 0 aliphatic carbocycles. The Hall–Kier alpha value is 0.620. The maximum atomic E-state index is 12.7. The van der Waals surface area contributed by atoms with Gasteiger partial charge in [-0.05, 0) is 44.0 Å². The SMILES string of the molecule is FC(F)(Br)c1cc(Cl)c(Br)c(Cl)c1. The summed E-state index contributed by atoms with van der Waals surface area (Å²) in [4.78, 5) is -3.11. The Balaban J connectivity index is 3.29. The van der Waals surface area contributed by atoms with Crippen LogP contribution in [0, 0.1) is 0 Å². The minimum Gasteiger partial charge on any atom is -0.188 e. The van der Waals surface area contributed by atoms with Crippen LogP contribution < -0.4 is 0 Å². The van der Waals surface area contributed by atoms with E-state index in [9.17, 15) is 8.78 Å². The zero-order valence-electron chi connectivity index (χ0n) is 5.92. The molecule has 1 rings (SSSR count). The van der Waals surface area contributed by atoms with Crippen molar-refractivity contribution in [2.75, 3.05) is 0 Å². The lowest BCUT2D eigenvalue weighted by Crippen LogP contribution is -2.02. The second kappa shape index (κ2) is 4.01. The predicted molar refractivity (Wildman–Crippen MR) is 57.0 cm³/mol. The summed E-state index contributed by atoms with van der Waals surface area (Å²) in [6.07, 6.45) is 0. The van der Waals surface area contributed by atoms with E-state index in [0.29, 0.717) is 4.47 Å². The number of hydrogen-bond acceptors (Lipinski definition) is 0. The third-order valence-corrected chi connectivity index (χ3v) is 3.68. The fourth-order valence-electron chi connectivity index (χ4n) is 0.719. The van der Waals surface area contributed by atoms with Crippen molar-refractivity contribution in [1.82, 2.24) is 0 Å². The maximum absolute atomic E-state index is 12.7. The van der Waals surface area contributed by atoms with E-state index in [-0.39, 0.29) is 15.6 Å². The van der Waals surface area contributed by atoms with Gasteiger partial charge in [-0.1, -0.05) is 23.2 Å². The second-order valence-corrected chi connectivity index (χ2v) is 4.85. The molecule has 0 aliphatic rings. The summed E-state index contributed by atoms with van der Waals surface area (Å²) in [5, 5.41) is 0.309. The Labute approximate surface area is 100 Å². The van der Waals surface area contributed by atoms with Gasteiger partial charge in [0.15, 0.2) is 0 Å². The van der Waals surface area contributed by atoms with Gasteiger partial charge in [0, 0.05) is 5.56 Å². The molecule has 0 spiro atoms. The van der Waals surface area contributed by atoms with E-state index in [1.807, 2.05) is 0 Å². The molecule has 0 aromatic heterocycles. The lowest BCUT2D eigenvalue weighted by molar-refractivity contribution is 0.114. The quantitative estimate of drug-likeness (QED) is 0.480. The van der Waals surface area contributed by atoms with E-state index in [4.69, 9.17) is 23.2 Å². The summed E-state index contributed by atoms with van der Waals surface area (Å²) in [5.74, 6) is 0. The number of alkyl halides is 3. The van der Waals surface area contributed by atoms with Crippen molar-refractivity contribution in [3.8, 4) is 0 Å². The molecular weight excluding hydrogens is 353 g/mol. The topological polar surface area (TPSA) is 0 Å². The van der Waals surface area contributed by atoms with Crippen LogP contribution in [0.4, 0.5) is 8.78 Å². The van der Waals surface area contributed by atoms with Crippen molar-refractivity contribution >= 4 is 55.1 Å². The molecule has 0 radical (unpaired) electrons. The van der Waals surface area contributed by atoms with Gasteiger partial charge in [0.05, 0.1) is 14.5 Å². The van der Waals surface area contributed by atoms with Gasteiger partial charge in [-0.25, -0.2) is 0 Å². The summed E-state index contributed by atoms with van der Waals surface area (Å²) in [5.41, 5.74) is -0.272. The number of halogens is 6. The zero-order valence-corrected chi connectivity index (χ0v) is 10.6. The lowest BCUT2D eigenvalue weighted by Gasteiger charge is -2.10. The molecule has 0 N–H and O–H groups in total. The van der Waals surface area contributed by atoms with Crippen LogP contribution in [-0.2, 0) is 4.83 Å². The van der Waals surface area contributed by atoms with Crippen LogP contribution in [0.2, 0.25) is 10.0 Å². The van der Waals surface area contributed by atoms with E-state index in [2.05, 4.69) is 31.9 Å². The molecule has 0 unspecified atom stereocenters. The van der Waals surface area contributed by atoms with Gasteiger partial charge in [0.25, 0.3) is 0 Å². The number of hydrogen-bond donors (Lipinski definition) is 0. The van der Waals surface area contributed by atoms with Gasteiger partial charge in [0.1, 0.15) is 0 Å². The van der Waals surface area contributed by atoms with Crippen molar-refractivity contribution in [2.45, 2.75) is 4.83 Å². The molecule has 1 aromatic carbocycles. The Morgan fingerprint density at radius 3 is 1.85 bits per heavy atom. The highest BCUT2D eigenvalue weighted by molar-refractivity contribution is 9.10. The van der Waals surface area contributed by atoms with E-state index < -0.39 is 4.83 Å². The van der Waals surface area contributed by atoms with Crippen molar-refractivity contribution in [3.63, 3.8) is 0 Å². The normalized spacial score (nSPS) is 11.8. The fraction of sp³-hybridized carbons (Fsp3) is 0.143. The standard InChI is InChI=1S/C7H2Br2Cl2F2/c8-6-4(10)1-3(2-5(6)11)7(9,12)13/h1-2H. The summed E-state index contributed by atoms with van der Waals surface area (Å²) >= 11 is 16.5. The molecule has 0 heterocycles. The van der Waals surface area contributed by atoms with Crippen molar-refractivity contribution in [2.24, 2.45) is 0 Å². The van der Waals surface area contributed by atoms with Crippen molar-refractivity contribution in [1.29, 1.82) is 0 Å². The van der Waals surface area contributed by atoms with Gasteiger partial charge in [0.2, 0.25) is 0 Å². The average molecular weight is 355 g/mol. The van der Waals surface area contributed by atoms with Crippen molar-refractivity contribution in [3.05, 3.63) is 32.2 Å². The second-order valence-electron chi connectivity index (χ2n) is 2.25. The average Bonchev–Trinajstić information content (AvgIpc) is 1.97. The molecule has 0 atom stereocenters. The fourth-order valence-corrected chi connectivity index (χ4v) is 1.66. The molecule has 1 aromatic rings. The van der Waals surface area contributed by atoms with E-state index in [1.54, 1.807) is 0 Å². The summed E-state index contributed by atoms with van der Waals surface area (Å²) in [6, 6.07) is 2.29. The van der Waals surface area contributed by atoms with Gasteiger partial charge < -0.3 is 0 Å². The van der Waals surface area contributed by atoms with Crippen LogP contribution in [0.1, 0.15) is 5.56 Å². The molecule has 72 valence electrons. The molecular formula is C7H2Br2Cl2F2. The van der Waals surface area contributed by atoms with Gasteiger partial charge >= 0.3 is 4.83 Å². The van der Waals surface area contributed by atoms with E-state index in [0.717, 1.165) is 12.1 Å². The Morgan fingerprint density at radius 1 is 1.15 bits per heavy atom. The predicted octanol–water partition coefficient (Wildman–Crippen LogP) is 5.20. The van der Waals surface area contributed by atoms with Crippen LogP contribution in [0.15, 0.2) is 16.6 Å². The van der Waals surface area contributed by atoms with Crippen molar-refractivity contribution < 1.29 is 8.78 Å². The van der Waals surface area contributed by atoms with Crippen LogP contribution >= 0.6 is 55.1 Å². The van der Waals surface area contributed by atoms with E-state index >= 15 is 0 Å². The Morgan fingerprint density at radius 2 is 1.54 bits per heavy atom. The van der Waals surface area contributed by atoms with Crippen LogP contribution in [-0.4, -0.2) is 0 Å². The first-order chi connectivity index (χ1) is 5.82. The highest BCUT2D eigenvalue weighted by atomic mass is 79.9. The first kappa shape index (κ1) is 11.7. The minimum atomic E-state index is -3.11. The Kier molecular flexibility index (Phi) is 3.60. The molecule has 6 heteroatoms. The highest BCUT2D eigenvalue weighted by Crippen LogP contribution is 2.40. The summed E-state index contributed by atoms with van der Waals surface area (Å²) in [7, 11) is 0. The van der Waals surface area contributed by atoms with Crippen LogP contribution in [0.25, 0.3) is 0 Å². The largest absolute Gasteiger partial charge is 0.326 e. The van der Waals surface area contributed by atoms with Crippen LogP contribution in [0.3, 0.4) is 0 Å². The monoisotopic (exact) mass is 352 g/mol. The summed E-state index contributed by atoms with van der Waals surface area (Å²) in [6.45, 7) is 0. The van der Waals surface area contributed by atoms with E-state index in [1.165, 1.54) is 0 Å². The Bertz CT molecular complexity index is 313. The smallest absolute Gasteiger partial charge is 0.188 e. The van der Waals surface area contributed by atoms with Gasteiger partial charge in [-0.3, -0.25) is 0 Å². The van der Waals surface area contributed by atoms with Crippen LogP contribution in [0.5, 0.6) is 0 Å². The van der Waals surface area contributed by atoms with Gasteiger partial charge in [-0.15, -0.1) is 0 Å². The third kappa shape index (κ3) is 2.78. The lowest BCUT2D eigenvalue weighted by atomic mass is 10.2. The molecule has 0 amide bonds. The molecule has 0 nitrogen and oxygen atoms in total. The molecule has 0 fully saturated rings. The molecule has 0 bridgehead atoms. The highest BCUT2D eigenvalue weighted by Gasteiger charge is 2.28. The first-order valence-corrected chi connectivity index (χ1v) is 5.38. The molecule has 0 saturated carbocycles. The number of benzene rings is 1. The summed E-state index contributed by atoms with van der Waals surface area (Å²) < 4.78 is 25.9.